The average Bonchev–Trinajstić information content (AvgIpc) is 3.17. The fourth-order valence-electron chi connectivity index (χ4n) is 2.86. The highest BCUT2D eigenvalue weighted by atomic mass is 16.6. The maximum Gasteiger partial charge on any atom is 0.251 e. The van der Waals surface area contributed by atoms with Crippen LogP contribution in [0.25, 0.3) is 11.4 Å². The van der Waals surface area contributed by atoms with Crippen LogP contribution in [0.4, 0.5) is 0 Å². The van der Waals surface area contributed by atoms with Crippen LogP contribution in [-0.2, 0) is 6.42 Å². The van der Waals surface area contributed by atoms with Crippen LogP contribution in [0.15, 0.2) is 36.7 Å². The topological polar surface area (TPSA) is 102 Å². The molecule has 1 aliphatic heterocycles. The third kappa shape index (κ3) is 3.74. The second-order valence-corrected chi connectivity index (χ2v) is 6.16. The van der Waals surface area contributed by atoms with Crippen molar-refractivity contribution in [1.82, 2.24) is 25.5 Å². The van der Waals surface area contributed by atoms with Crippen molar-refractivity contribution in [3.05, 3.63) is 53.6 Å². The molecular weight excluding hydrogens is 346 g/mol. The van der Waals surface area contributed by atoms with Crippen molar-refractivity contribution in [3.8, 4) is 22.9 Å². The number of pyridine rings is 1. The zero-order valence-electron chi connectivity index (χ0n) is 14.9. The van der Waals surface area contributed by atoms with Gasteiger partial charge in [-0.05, 0) is 36.8 Å². The van der Waals surface area contributed by atoms with Gasteiger partial charge in [0, 0.05) is 36.5 Å². The molecule has 3 aromatic rings. The molecule has 8 heteroatoms. The van der Waals surface area contributed by atoms with Gasteiger partial charge in [0.15, 0.2) is 17.3 Å². The molecule has 138 valence electrons. The summed E-state index contributed by atoms with van der Waals surface area (Å²) in [5, 5.41) is 9.99. The van der Waals surface area contributed by atoms with E-state index < -0.39 is 0 Å². The summed E-state index contributed by atoms with van der Waals surface area (Å²) < 4.78 is 11.1. The molecule has 1 aliphatic rings. The number of H-pyrrole nitrogens is 1. The minimum absolute atomic E-state index is 0.156. The number of fused-ring (bicyclic) bond motifs is 1. The number of nitrogens with zero attached hydrogens (tertiary/aromatic N) is 3. The van der Waals surface area contributed by atoms with Gasteiger partial charge in [-0.3, -0.25) is 14.9 Å². The average molecular weight is 365 g/mol. The summed E-state index contributed by atoms with van der Waals surface area (Å²) >= 11 is 0. The number of benzene rings is 1. The first kappa shape index (κ1) is 17.0. The molecule has 2 N–H and O–H groups in total. The van der Waals surface area contributed by atoms with E-state index in [0.29, 0.717) is 54.9 Å². The van der Waals surface area contributed by atoms with Crippen LogP contribution in [0.3, 0.4) is 0 Å². The highest BCUT2D eigenvalue weighted by molar-refractivity contribution is 5.96. The molecule has 0 atom stereocenters. The van der Waals surface area contributed by atoms with E-state index in [1.165, 1.54) is 0 Å². The second kappa shape index (κ2) is 7.45. The van der Waals surface area contributed by atoms with E-state index in [0.717, 1.165) is 11.1 Å². The Hall–Kier alpha value is -3.42. The van der Waals surface area contributed by atoms with Crippen molar-refractivity contribution < 1.29 is 14.3 Å². The first-order valence-electron chi connectivity index (χ1n) is 8.71. The van der Waals surface area contributed by atoms with Gasteiger partial charge in [0.1, 0.15) is 19.0 Å². The van der Waals surface area contributed by atoms with Gasteiger partial charge < -0.3 is 14.8 Å². The van der Waals surface area contributed by atoms with Gasteiger partial charge >= 0.3 is 0 Å². The fourth-order valence-corrected chi connectivity index (χ4v) is 2.86. The molecule has 0 saturated heterocycles. The third-order valence-electron chi connectivity index (χ3n) is 4.23. The minimum Gasteiger partial charge on any atom is -0.486 e. The molecule has 2 aromatic heterocycles. The number of amides is 1. The molecule has 0 fully saturated rings. The van der Waals surface area contributed by atoms with Crippen LogP contribution < -0.4 is 14.8 Å². The van der Waals surface area contributed by atoms with Crippen LogP contribution >= 0.6 is 0 Å². The van der Waals surface area contributed by atoms with Crippen molar-refractivity contribution in [2.45, 2.75) is 13.3 Å². The molecule has 3 heterocycles. The number of nitrogens with one attached hydrogen (secondary N) is 2. The molecule has 0 saturated carbocycles. The third-order valence-corrected chi connectivity index (χ3v) is 4.23. The fraction of sp³-hybridized carbons (Fsp3) is 0.263. The summed E-state index contributed by atoms with van der Waals surface area (Å²) in [6.45, 7) is 3.33. The Morgan fingerprint density at radius 1 is 1.26 bits per heavy atom. The predicted octanol–water partition coefficient (Wildman–Crippen LogP) is 1.92. The van der Waals surface area contributed by atoms with Gasteiger partial charge in [-0.15, -0.1) is 0 Å². The summed E-state index contributed by atoms with van der Waals surface area (Å²) in [5.41, 5.74) is 2.26. The standard InChI is InChI=1S/C19H19N5O3/c1-12-9-15-16(27-8-7-26-15)10-14(12)19(25)21-6-4-17-22-18(24-23-17)13-3-2-5-20-11-13/h2-3,5,9-11H,4,6-8H2,1H3,(H,21,25)(H,22,23,24). The Balaban J connectivity index is 1.37. The molecule has 0 spiro atoms. The van der Waals surface area contributed by atoms with E-state index in [1.54, 1.807) is 18.5 Å². The van der Waals surface area contributed by atoms with E-state index in [1.807, 2.05) is 25.1 Å². The van der Waals surface area contributed by atoms with Crippen molar-refractivity contribution >= 4 is 5.91 Å². The lowest BCUT2D eigenvalue weighted by Gasteiger charge is -2.20. The van der Waals surface area contributed by atoms with Gasteiger partial charge in [-0.2, -0.15) is 5.10 Å². The molecule has 8 nitrogen and oxygen atoms in total. The van der Waals surface area contributed by atoms with Crippen molar-refractivity contribution in [1.29, 1.82) is 0 Å². The first-order chi connectivity index (χ1) is 13.2. The number of aryl methyl sites for hydroxylation is 1. The van der Waals surface area contributed by atoms with Gasteiger partial charge in [0.2, 0.25) is 0 Å². The smallest absolute Gasteiger partial charge is 0.251 e. The summed E-state index contributed by atoms with van der Waals surface area (Å²) in [5.74, 6) is 2.42. The number of rotatable bonds is 5. The molecule has 1 amide bonds. The van der Waals surface area contributed by atoms with E-state index >= 15 is 0 Å². The molecule has 1 aromatic carbocycles. The van der Waals surface area contributed by atoms with Crippen LogP contribution in [0.1, 0.15) is 21.7 Å². The maximum atomic E-state index is 12.5. The van der Waals surface area contributed by atoms with Gasteiger partial charge in [0.25, 0.3) is 5.91 Å². The lowest BCUT2D eigenvalue weighted by Crippen LogP contribution is -2.27. The normalized spacial score (nSPS) is 12.6. The van der Waals surface area contributed by atoms with Crippen LogP contribution in [0.5, 0.6) is 11.5 Å². The Morgan fingerprint density at radius 3 is 2.85 bits per heavy atom. The molecule has 4 rings (SSSR count). The van der Waals surface area contributed by atoms with Crippen molar-refractivity contribution in [2.24, 2.45) is 0 Å². The summed E-state index contributed by atoms with van der Waals surface area (Å²) in [4.78, 5) is 21.0. The van der Waals surface area contributed by atoms with E-state index in [2.05, 4.69) is 25.5 Å². The Morgan fingerprint density at radius 2 is 2.07 bits per heavy atom. The number of ether oxygens (including phenoxy) is 2. The lowest BCUT2D eigenvalue weighted by atomic mass is 10.1. The first-order valence-corrected chi connectivity index (χ1v) is 8.71. The van der Waals surface area contributed by atoms with Gasteiger partial charge in [-0.25, -0.2) is 4.98 Å². The number of aromatic nitrogens is 4. The largest absolute Gasteiger partial charge is 0.486 e. The number of carbonyl (C=O) groups excluding carboxylic acids is 1. The van der Waals surface area contributed by atoms with Crippen molar-refractivity contribution in [2.75, 3.05) is 19.8 Å². The monoisotopic (exact) mass is 365 g/mol. The van der Waals surface area contributed by atoms with Crippen LogP contribution in [-0.4, -0.2) is 45.8 Å². The molecular formula is C19H19N5O3. The SMILES string of the molecule is Cc1cc2c(cc1C(=O)NCCc1nc(-c3cccnc3)n[nH]1)OCCO2. The van der Waals surface area contributed by atoms with Gasteiger partial charge in [-0.1, -0.05) is 0 Å². The molecule has 0 unspecified atom stereocenters. The van der Waals surface area contributed by atoms with Crippen LogP contribution in [0.2, 0.25) is 0 Å². The summed E-state index contributed by atoms with van der Waals surface area (Å²) in [6, 6.07) is 7.29. The molecule has 0 radical (unpaired) electrons. The highest BCUT2D eigenvalue weighted by Gasteiger charge is 2.18. The number of hydrogen-bond acceptors (Lipinski definition) is 6. The number of carbonyl (C=O) groups is 1. The van der Waals surface area contributed by atoms with Crippen molar-refractivity contribution in [3.63, 3.8) is 0 Å². The minimum atomic E-state index is -0.156. The van der Waals surface area contributed by atoms with Crippen LogP contribution in [0, 0.1) is 6.92 Å². The highest BCUT2D eigenvalue weighted by Crippen LogP contribution is 2.32. The summed E-state index contributed by atoms with van der Waals surface area (Å²) in [7, 11) is 0. The van der Waals surface area contributed by atoms with E-state index in [-0.39, 0.29) is 5.91 Å². The Bertz CT molecular complexity index is 955. The quantitative estimate of drug-likeness (QED) is 0.716. The Labute approximate surface area is 156 Å². The lowest BCUT2D eigenvalue weighted by molar-refractivity contribution is 0.0952. The molecule has 0 aliphatic carbocycles. The Kier molecular flexibility index (Phi) is 4.69. The second-order valence-electron chi connectivity index (χ2n) is 6.16. The van der Waals surface area contributed by atoms with E-state index in [4.69, 9.17) is 9.47 Å². The summed E-state index contributed by atoms with van der Waals surface area (Å²) in [6.07, 6.45) is 3.95. The number of aromatic amines is 1. The molecule has 0 bridgehead atoms. The maximum absolute atomic E-state index is 12.5. The zero-order valence-corrected chi connectivity index (χ0v) is 14.9. The van der Waals surface area contributed by atoms with E-state index in [9.17, 15) is 4.79 Å². The zero-order chi connectivity index (χ0) is 18.6. The predicted molar refractivity (Wildman–Crippen MR) is 97.8 cm³/mol. The number of hydrogen-bond donors (Lipinski definition) is 2. The van der Waals surface area contributed by atoms with Gasteiger partial charge in [0.05, 0.1) is 0 Å². The molecule has 27 heavy (non-hydrogen) atoms.